The van der Waals surface area contributed by atoms with Gasteiger partial charge in [-0.1, -0.05) is 26.0 Å². The third kappa shape index (κ3) is 4.47. The topological polar surface area (TPSA) is 26.8 Å². The van der Waals surface area contributed by atoms with E-state index in [1.54, 1.807) is 0 Å². The minimum atomic E-state index is 0.303. The molecule has 0 aliphatic carbocycles. The first-order valence-electron chi connectivity index (χ1n) is 8.88. The number of nitrogens with zero attached hydrogens (tertiary/aromatic N) is 3. The number of carbonyl (C=O) groups is 1. The van der Waals surface area contributed by atoms with Crippen molar-refractivity contribution in [2.45, 2.75) is 34.1 Å². The van der Waals surface area contributed by atoms with Gasteiger partial charge < -0.3 is 14.7 Å². The van der Waals surface area contributed by atoms with Crippen molar-refractivity contribution in [3.63, 3.8) is 0 Å². The summed E-state index contributed by atoms with van der Waals surface area (Å²) in [7, 11) is 0. The van der Waals surface area contributed by atoms with Crippen molar-refractivity contribution in [3.8, 4) is 0 Å². The van der Waals surface area contributed by atoms with Crippen LogP contribution in [-0.2, 0) is 4.79 Å². The number of aryl methyl sites for hydroxylation is 1. The molecule has 1 aromatic rings. The molecule has 0 unspecified atom stereocenters. The van der Waals surface area contributed by atoms with Crippen molar-refractivity contribution >= 4 is 11.6 Å². The third-order valence-corrected chi connectivity index (χ3v) is 5.09. The molecule has 0 atom stereocenters. The number of amides is 1. The van der Waals surface area contributed by atoms with Crippen LogP contribution < -0.4 is 4.90 Å². The minimum absolute atomic E-state index is 0.303. The van der Waals surface area contributed by atoms with E-state index in [1.165, 1.54) is 16.8 Å². The van der Waals surface area contributed by atoms with E-state index in [0.717, 1.165) is 45.8 Å². The number of carbonyl (C=O) groups excluding carboxylic acids is 1. The molecule has 0 N–H and O–H groups in total. The summed E-state index contributed by atoms with van der Waals surface area (Å²) < 4.78 is 0. The Morgan fingerprint density at radius 1 is 1.09 bits per heavy atom. The normalized spacial score (nSPS) is 15.3. The second-order valence-electron chi connectivity index (χ2n) is 6.36. The van der Waals surface area contributed by atoms with Crippen LogP contribution in [0.15, 0.2) is 18.2 Å². The average molecular weight is 317 g/mol. The van der Waals surface area contributed by atoms with Crippen LogP contribution in [0, 0.1) is 13.8 Å². The largest absolute Gasteiger partial charge is 0.368 e. The number of benzene rings is 1. The molecule has 128 valence electrons. The van der Waals surface area contributed by atoms with Crippen LogP contribution >= 0.6 is 0 Å². The first-order chi connectivity index (χ1) is 11.1. The van der Waals surface area contributed by atoms with Crippen molar-refractivity contribution in [1.82, 2.24) is 9.80 Å². The number of rotatable bonds is 6. The monoisotopic (exact) mass is 317 g/mol. The van der Waals surface area contributed by atoms with Gasteiger partial charge in [0.2, 0.25) is 5.91 Å². The Morgan fingerprint density at radius 3 is 2.35 bits per heavy atom. The quantitative estimate of drug-likeness (QED) is 0.807. The summed E-state index contributed by atoms with van der Waals surface area (Å²) in [6.45, 7) is 15.1. The predicted octanol–water partition coefficient (Wildman–Crippen LogP) is 2.68. The Morgan fingerprint density at radius 2 is 1.74 bits per heavy atom. The highest BCUT2D eigenvalue weighted by molar-refractivity contribution is 5.76. The minimum Gasteiger partial charge on any atom is -0.368 e. The Kier molecular flexibility index (Phi) is 6.46. The molecule has 23 heavy (non-hydrogen) atoms. The molecule has 0 bridgehead atoms. The van der Waals surface area contributed by atoms with Crippen molar-refractivity contribution in [1.29, 1.82) is 0 Å². The van der Waals surface area contributed by atoms with Gasteiger partial charge in [0.15, 0.2) is 0 Å². The maximum atomic E-state index is 12.4. The van der Waals surface area contributed by atoms with Crippen LogP contribution in [0.1, 0.15) is 31.4 Å². The summed E-state index contributed by atoms with van der Waals surface area (Å²) in [5, 5.41) is 0. The van der Waals surface area contributed by atoms with Gasteiger partial charge in [0, 0.05) is 44.8 Å². The highest BCUT2D eigenvalue weighted by atomic mass is 16.2. The molecule has 1 fully saturated rings. The van der Waals surface area contributed by atoms with Crippen molar-refractivity contribution < 1.29 is 4.79 Å². The highest BCUT2D eigenvalue weighted by Gasteiger charge is 2.22. The fourth-order valence-corrected chi connectivity index (χ4v) is 3.23. The summed E-state index contributed by atoms with van der Waals surface area (Å²) in [5.41, 5.74) is 4.01. The van der Waals surface area contributed by atoms with Gasteiger partial charge in [-0.3, -0.25) is 4.79 Å². The van der Waals surface area contributed by atoms with Gasteiger partial charge in [-0.25, -0.2) is 0 Å². The molecule has 2 rings (SSSR count). The summed E-state index contributed by atoms with van der Waals surface area (Å²) >= 11 is 0. The Labute approximate surface area is 141 Å². The lowest BCUT2D eigenvalue weighted by molar-refractivity contribution is -0.131. The second kappa shape index (κ2) is 8.34. The zero-order valence-corrected chi connectivity index (χ0v) is 15.1. The lowest BCUT2D eigenvalue weighted by Crippen LogP contribution is -2.49. The summed E-state index contributed by atoms with van der Waals surface area (Å²) in [6, 6.07) is 6.48. The average Bonchev–Trinajstić information content (AvgIpc) is 2.58. The van der Waals surface area contributed by atoms with E-state index >= 15 is 0 Å². The van der Waals surface area contributed by atoms with E-state index in [2.05, 4.69) is 55.7 Å². The van der Waals surface area contributed by atoms with E-state index in [0.29, 0.717) is 12.3 Å². The van der Waals surface area contributed by atoms with E-state index in [9.17, 15) is 4.79 Å². The molecular formula is C19H31N3O. The molecule has 0 aromatic heterocycles. The molecule has 1 heterocycles. The molecule has 0 radical (unpaired) electrons. The molecule has 1 aromatic carbocycles. The van der Waals surface area contributed by atoms with E-state index in [4.69, 9.17) is 0 Å². The fourth-order valence-electron chi connectivity index (χ4n) is 3.23. The fraction of sp³-hybridized carbons (Fsp3) is 0.632. The van der Waals surface area contributed by atoms with Crippen molar-refractivity contribution in [2.75, 3.05) is 50.7 Å². The van der Waals surface area contributed by atoms with E-state index in [1.807, 2.05) is 4.90 Å². The maximum absolute atomic E-state index is 12.4. The van der Waals surface area contributed by atoms with Crippen LogP contribution in [0.3, 0.4) is 0 Å². The lowest BCUT2D eigenvalue weighted by atomic mass is 10.1. The Hall–Kier alpha value is -1.55. The van der Waals surface area contributed by atoms with Gasteiger partial charge in [0.25, 0.3) is 0 Å². The number of hydrogen-bond donors (Lipinski definition) is 0. The molecule has 1 aliphatic heterocycles. The van der Waals surface area contributed by atoms with E-state index < -0.39 is 0 Å². The van der Waals surface area contributed by atoms with Gasteiger partial charge in [-0.15, -0.1) is 0 Å². The molecule has 1 saturated heterocycles. The third-order valence-electron chi connectivity index (χ3n) is 5.09. The van der Waals surface area contributed by atoms with Gasteiger partial charge >= 0.3 is 0 Å². The molecule has 0 saturated carbocycles. The maximum Gasteiger partial charge on any atom is 0.223 e. The molecule has 1 aliphatic rings. The summed E-state index contributed by atoms with van der Waals surface area (Å²) in [4.78, 5) is 19.1. The summed E-state index contributed by atoms with van der Waals surface area (Å²) in [6.07, 6.45) is 0.644. The molecule has 4 nitrogen and oxygen atoms in total. The van der Waals surface area contributed by atoms with Crippen LogP contribution in [0.25, 0.3) is 0 Å². The molecular weight excluding hydrogens is 286 g/mol. The molecule has 0 spiro atoms. The standard InChI is InChI=1S/C19H31N3O/c1-5-20(6-2)11-10-19(23)22-14-12-21(13-15-22)18-9-7-8-16(3)17(18)4/h7-9H,5-6,10-15H2,1-4H3. The van der Waals surface area contributed by atoms with Crippen molar-refractivity contribution in [2.24, 2.45) is 0 Å². The van der Waals surface area contributed by atoms with Gasteiger partial charge in [-0.2, -0.15) is 0 Å². The molecule has 4 heteroatoms. The van der Waals surface area contributed by atoms with E-state index in [-0.39, 0.29) is 0 Å². The van der Waals surface area contributed by atoms with Crippen molar-refractivity contribution in [3.05, 3.63) is 29.3 Å². The van der Waals surface area contributed by atoms with Crippen LogP contribution in [-0.4, -0.2) is 61.5 Å². The van der Waals surface area contributed by atoms with Gasteiger partial charge in [-0.05, 0) is 44.1 Å². The smallest absolute Gasteiger partial charge is 0.223 e. The number of piperazine rings is 1. The Balaban J connectivity index is 1.86. The number of anilines is 1. The SMILES string of the molecule is CCN(CC)CCC(=O)N1CCN(c2cccc(C)c2C)CC1. The van der Waals surface area contributed by atoms with Crippen LogP contribution in [0.5, 0.6) is 0 Å². The Bertz CT molecular complexity index is 517. The lowest BCUT2D eigenvalue weighted by Gasteiger charge is -2.37. The summed E-state index contributed by atoms with van der Waals surface area (Å²) in [5.74, 6) is 0.303. The number of hydrogen-bond acceptors (Lipinski definition) is 3. The van der Waals surface area contributed by atoms with Gasteiger partial charge in [0.05, 0.1) is 0 Å². The molecule has 1 amide bonds. The zero-order chi connectivity index (χ0) is 16.8. The predicted molar refractivity (Wildman–Crippen MR) is 97.1 cm³/mol. The van der Waals surface area contributed by atoms with Gasteiger partial charge in [0.1, 0.15) is 0 Å². The van der Waals surface area contributed by atoms with Crippen LogP contribution in [0.2, 0.25) is 0 Å². The second-order valence-corrected chi connectivity index (χ2v) is 6.36. The van der Waals surface area contributed by atoms with Crippen LogP contribution in [0.4, 0.5) is 5.69 Å². The first kappa shape index (κ1) is 17.8. The first-order valence-corrected chi connectivity index (χ1v) is 8.88. The zero-order valence-electron chi connectivity index (χ0n) is 15.1. The highest BCUT2D eigenvalue weighted by Crippen LogP contribution is 2.23.